The SMILES string of the molecule is N#Cc1ccc2cnncc2c1. The van der Waals surface area contributed by atoms with Crippen molar-refractivity contribution in [1.82, 2.24) is 10.2 Å². The van der Waals surface area contributed by atoms with Gasteiger partial charge in [-0.2, -0.15) is 15.5 Å². The smallest absolute Gasteiger partial charge is 0.0991 e. The van der Waals surface area contributed by atoms with Gasteiger partial charge in [-0.15, -0.1) is 0 Å². The average Bonchev–Trinajstić information content (AvgIpc) is 2.17. The zero-order valence-corrected chi connectivity index (χ0v) is 6.23. The summed E-state index contributed by atoms with van der Waals surface area (Å²) in [6, 6.07) is 7.50. The van der Waals surface area contributed by atoms with Crippen LogP contribution in [0.1, 0.15) is 5.56 Å². The number of nitrogens with zero attached hydrogens (tertiary/aromatic N) is 3. The lowest BCUT2D eigenvalue weighted by molar-refractivity contribution is 1.05. The van der Waals surface area contributed by atoms with Gasteiger partial charge < -0.3 is 0 Å². The summed E-state index contributed by atoms with van der Waals surface area (Å²) in [4.78, 5) is 0. The Bertz CT molecular complexity index is 457. The minimum absolute atomic E-state index is 0.649. The third-order valence-electron chi connectivity index (χ3n) is 1.68. The van der Waals surface area contributed by atoms with E-state index in [2.05, 4.69) is 16.3 Å². The predicted molar refractivity (Wildman–Crippen MR) is 44.3 cm³/mol. The Hall–Kier alpha value is -1.95. The van der Waals surface area contributed by atoms with Gasteiger partial charge in [0.05, 0.1) is 24.0 Å². The van der Waals surface area contributed by atoms with Gasteiger partial charge in [-0.1, -0.05) is 6.07 Å². The van der Waals surface area contributed by atoms with Crippen molar-refractivity contribution in [2.45, 2.75) is 0 Å². The molecule has 0 aliphatic carbocycles. The van der Waals surface area contributed by atoms with Gasteiger partial charge in [0.25, 0.3) is 0 Å². The molecule has 0 amide bonds. The van der Waals surface area contributed by atoms with E-state index in [4.69, 9.17) is 5.26 Å². The highest BCUT2D eigenvalue weighted by Gasteiger charge is 1.94. The molecule has 1 aromatic carbocycles. The summed E-state index contributed by atoms with van der Waals surface area (Å²) in [6.45, 7) is 0. The van der Waals surface area contributed by atoms with Crippen molar-refractivity contribution in [3.63, 3.8) is 0 Å². The Labute approximate surface area is 69.3 Å². The van der Waals surface area contributed by atoms with Crippen molar-refractivity contribution < 1.29 is 0 Å². The molecule has 0 saturated heterocycles. The molecule has 0 bridgehead atoms. The Morgan fingerprint density at radius 2 is 1.83 bits per heavy atom. The molecule has 56 valence electrons. The molecule has 0 aliphatic rings. The molecule has 0 saturated carbocycles. The lowest BCUT2D eigenvalue weighted by atomic mass is 10.1. The topological polar surface area (TPSA) is 49.6 Å². The van der Waals surface area contributed by atoms with E-state index in [-0.39, 0.29) is 0 Å². The maximum Gasteiger partial charge on any atom is 0.0991 e. The van der Waals surface area contributed by atoms with Gasteiger partial charge in [0, 0.05) is 10.8 Å². The van der Waals surface area contributed by atoms with Crippen LogP contribution in [0.3, 0.4) is 0 Å². The van der Waals surface area contributed by atoms with Crippen LogP contribution in [0.2, 0.25) is 0 Å². The molecule has 1 heterocycles. The van der Waals surface area contributed by atoms with Crippen LogP contribution in [-0.4, -0.2) is 10.2 Å². The maximum absolute atomic E-state index is 8.61. The van der Waals surface area contributed by atoms with Crippen molar-refractivity contribution in [2.24, 2.45) is 0 Å². The summed E-state index contributed by atoms with van der Waals surface area (Å²) in [7, 11) is 0. The van der Waals surface area contributed by atoms with Gasteiger partial charge in [-0.3, -0.25) is 0 Å². The van der Waals surface area contributed by atoms with E-state index in [0.29, 0.717) is 5.56 Å². The van der Waals surface area contributed by atoms with Crippen LogP contribution >= 0.6 is 0 Å². The second-order valence-corrected chi connectivity index (χ2v) is 2.44. The lowest BCUT2D eigenvalue weighted by Gasteiger charge is -1.94. The fraction of sp³-hybridized carbons (Fsp3) is 0. The highest BCUT2D eigenvalue weighted by atomic mass is 15.1. The standard InChI is InChI=1S/C9H5N3/c10-4-7-1-2-8-5-11-12-6-9(8)3-7/h1-3,5-6H. The first kappa shape index (κ1) is 6.74. The minimum Gasteiger partial charge on any atom is -0.192 e. The van der Waals surface area contributed by atoms with Crippen molar-refractivity contribution in [1.29, 1.82) is 5.26 Å². The van der Waals surface area contributed by atoms with E-state index in [0.717, 1.165) is 10.8 Å². The molecule has 0 radical (unpaired) electrons. The molecule has 0 N–H and O–H groups in total. The monoisotopic (exact) mass is 155 g/mol. The number of hydrogen-bond acceptors (Lipinski definition) is 3. The van der Waals surface area contributed by atoms with E-state index in [1.165, 1.54) is 0 Å². The molecular formula is C9H5N3. The zero-order chi connectivity index (χ0) is 8.39. The van der Waals surface area contributed by atoms with Gasteiger partial charge in [0.2, 0.25) is 0 Å². The van der Waals surface area contributed by atoms with Crippen molar-refractivity contribution in [3.8, 4) is 6.07 Å². The second kappa shape index (κ2) is 2.59. The van der Waals surface area contributed by atoms with Gasteiger partial charge in [0.15, 0.2) is 0 Å². The van der Waals surface area contributed by atoms with E-state index >= 15 is 0 Å². The van der Waals surface area contributed by atoms with Crippen molar-refractivity contribution in [3.05, 3.63) is 36.2 Å². The van der Waals surface area contributed by atoms with Crippen molar-refractivity contribution >= 4 is 10.8 Å². The maximum atomic E-state index is 8.61. The number of aromatic nitrogens is 2. The van der Waals surface area contributed by atoms with Crippen LogP contribution in [0, 0.1) is 11.3 Å². The average molecular weight is 155 g/mol. The molecule has 0 fully saturated rings. The Kier molecular flexibility index (Phi) is 1.45. The van der Waals surface area contributed by atoms with Crippen LogP contribution in [-0.2, 0) is 0 Å². The van der Waals surface area contributed by atoms with E-state index in [9.17, 15) is 0 Å². The fourth-order valence-electron chi connectivity index (χ4n) is 1.06. The van der Waals surface area contributed by atoms with Crippen LogP contribution in [0.25, 0.3) is 10.8 Å². The molecule has 2 rings (SSSR count). The molecule has 0 atom stereocenters. The van der Waals surface area contributed by atoms with Crippen LogP contribution in [0.5, 0.6) is 0 Å². The second-order valence-electron chi connectivity index (χ2n) is 2.44. The highest BCUT2D eigenvalue weighted by Crippen LogP contribution is 2.12. The van der Waals surface area contributed by atoms with E-state index < -0.39 is 0 Å². The van der Waals surface area contributed by atoms with Crippen LogP contribution in [0.4, 0.5) is 0 Å². The fourth-order valence-corrected chi connectivity index (χ4v) is 1.06. The lowest BCUT2D eigenvalue weighted by Crippen LogP contribution is -1.81. The first-order valence-electron chi connectivity index (χ1n) is 3.51. The first-order chi connectivity index (χ1) is 5.90. The highest BCUT2D eigenvalue weighted by molar-refractivity contribution is 5.81. The van der Waals surface area contributed by atoms with E-state index in [1.807, 2.05) is 6.07 Å². The van der Waals surface area contributed by atoms with Gasteiger partial charge >= 0.3 is 0 Å². The molecule has 3 heteroatoms. The molecule has 3 nitrogen and oxygen atoms in total. The van der Waals surface area contributed by atoms with Crippen LogP contribution < -0.4 is 0 Å². The Balaban J connectivity index is 2.78. The third-order valence-corrected chi connectivity index (χ3v) is 1.68. The van der Waals surface area contributed by atoms with Crippen LogP contribution in [0.15, 0.2) is 30.6 Å². The quantitative estimate of drug-likeness (QED) is 0.579. The Morgan fingerprint density at radius 3 is 2.58 bits per heavy atom. The van der Waals surface area contributed by atoms with Gasteiger partial charge in [-0.25, -0.2) is 0 Å². The summed E-state index contributed by atoms with van der Waals surface area (Å²) < 4.78 is 0. The molecular weight excluding hydrogens is 150 g/mol. The van der Waals surface area contributed by atoms with E-state index in [1.54, 1.807) is 24.5 Å². The largest absolute Gasteiger partial charge is 0.192 e. The Morgan fingerprint density at radius 1 is 1.08 bits per heavy atom. The summed E-state index contributed by atoms with van der Waals surface area (Å²) in [5.41, 5.74) is 0.649. The van der Waals surface area contributed by atoms with Gasteiger partial charge in [-0.05, 0) is 12.1 Å². The molecule has 2 aromatic rings. The molecule has 12 heavy (non-hydrogen) atoms. The van der Waals surface area contributed by atoms with Gasteiger partial charge in [0.1, 0.15) is 0 Å². The summed E-state index contributed by atoms with van der Waals surface area (Å²) in [5, 5.41) is 18.0. The number of fused-ring (bicyclic) bond motifs is 1. The first-order valence-corrected chi connectivity index (χ1v) is 3.51. The molecule has 0 unspecified atom stereocenters. The summed E-state index contributed by atoms with van der Waals surface area (Å²) in [5.74, 6) is 0. The predicted octanol–water partition coefficient (Wildman–Crippen LogP) is 1.50. The zero-order valence-electron chi connectivity index (χ0n) is 6.23. The normalized spacial score (nSPS) is 9.58. The molecule has 0 aliphatic heterocycles. The summed E-state index contributed by atoms with van der Waals surface area (Å²) >= 11 is 0. The number of rotatable bonds is 0. The summed E-state index contributed by atoms with van der Waals surface area (Å²) in [6.07, 6.45) is 3.33. The number of benzene rings is 1. The number of hydrogen-bond donors (Lipinski definition) is 0. The molecule has 0 spiro atoms. The van der Waals surface area contributed by atoms with Crippen molar-refractivity contribution in [2.75, 3.05) is 0 Å². The molecule has 1 aromatic heterocycles. The third kappa shape index (κ3) is 0.995. The minimum atomic E-state index is 0.649. The number of nitriles is 1.